The van der Waals surface area contributed by atoms with E-state index >= 15 is 0 Å². The van der Waals surface area contributed by atoms with Gasteiger partial charge in [-0.25, -0.2) is 4.79 Å². The van der Waals surface area contributed by atoms with Crippen molar-refractivity contribution in [3.05, 3.63) is 59.7 Å². The van der Waals surface area contributed by atoms with Gasteiger partial charge in [0.15, 0.2) is 0 Å². The molecule has 7 nitrogen and oxygen atoms in total. The van der Waals surface area contributed by atoms with Gasteiger partial charge >= 0.3 is 12.1 Å². The van der Waals surface area contributed by atoms with Crippen LogP contribution in [0, 0.1) is 17.3 Å². The van der Waals surface area contributed by atoms with Gasteiger partial charge < -0.3 is 20.1 Å². The van der Waals surface area contributed by atoms with E-state index in [1.807, 2.05) is 38.1 Å². The van der Waals surface area contributed by atoms with E-state index in [1.165, 1.54) is 11.1 Å². The zero-order valence-corrected chi connectivity index (χ0v) is 19.5. The molecule has 0 aromatic heterocycles. The molecule has 2 aromatic carbocycles. The Morgan fingerprint density at radius 2 is 1.68 bits per heavy atom. The number of fused-ring (bicyclic) bond motifs is 4. The second-order valence-electron chi connectivity index (χ2n) is 10.5. The van der Waals surface area contributed by atoms with Gasteiger partial charge in [0.1, 0.15) is 6.61 Å². The standard InChI is InChI=1S/C27H30N2O5/c1-27(2,12-23(30)29-13-16-11-22(29)24(16)25(31)32)15-28-26(33)34-14-21-19-9-5-3-7-17(19)18-8-4-6-10-20(18)21/h3-10,16,21-22,24H,11-15H2,1-2H3,(H,28,33)(H,31,32). The summed E-state index contributed by atoms with van der Waals surface area (Å²) in [5.41, 5.74) is 4.19. The monoisotopic (exact) mass is 462 g/mol. The molecule has 178 valence electrons. The molecule has 2 amide bonds. The second-order valence-corrected chi connectivity index (χ2v) is 10.5. The summed E-state index contributed by atoms with van der Waals surface area (Å²) in [5.74, 6) is -1.21. The van der Waals surface area contributed by atoms with Crippen LogP contribution in [0.25, 0.3) is 11.1 Å². The largest absolute Gasteiger partial charge is 0.481 e. The van der Waals surface area contributed by atoms with E-state index in [0.29, 0.717) is 13.1 Å². The minimum absolute atomic E-state index is 0.00317. The molecule has 0 spiro atoms. The molecule has 2 bridgehead atoms. The van der Waals surface area contributed by atoms with Crippen LogP contribution in [0.15, 0.2) is 48.5 Å². The average molecular weight is 463 g/mol. The fourth-order valence-electron chi connectivity index (χ4n) is 5.81. The number of carbonyl (C=O) groups excluding carboxylic acids is 2. The van der Waals surface area contributed by atoms with Crippen LogP contribution in [-0.2, 0) is 14.3 Å². The van der Waals surface area contributed by atoms with Crippen molar-refractivity contribution in [2.24, 2.45) is 17.3 Å². The van der Waals surface area contributed by atoms with Crippen molar-refractivity contribution < 1.29 is 24.2 Å². The molecular formula is C27H30N2O5. The molecule has 4 aliphatic rings. The molecule has 3 fully saturated rings. The molecular weight excluding hydrogens is 432 g/mol. The highest BCUT2D eigenvalue weighted by molar-refractivity contribution is 5.82. The third kappa shape index (κ3) is 3.93. The van der Waals surface area contributed by atoms with E-state index < -0.39 is 23.4 Å². The van der Waals surface area contributed by atoms with Crippen LogP contribution in [-0.4, -0.2) is 53.7 Å². The minimum Gasteiger partial charge on any atom is -0.481 e. The maximum atomic E-state index is 12.8. The highest BCUT2D eigenvalue weighted by Gasteiger charge is 2.57. The Kier molecular flexibility index (Phi) is 5.58. The van der Waals surface area contributed by atoms with E-state index in [2.05, 4.69) is 29.6 Å². The van der Waals surface area contributed by atoms with Crippen molar-refractivity contribution in [3.63, 3.8) is 0 Å². The van der Waals surface area contributed by atoms with Crippen LogP contribution in [0.2, 0.25) is 0 Å². The maximum absolute atomic E-state index is 12.8. The van der Waals surface area contributed by atoms with Crippen molar-refractivity contribution in [1.29, 1.82) is 0 Å². The highest BCUT2D eigenvalue weighted by Crippen LogP contribution is 2.47. The van der Waals surface area contributed by atoms with E-state index in [-0.39, 0.29) is 36.8 Å². The quantitative estimate of drug-likeness (QED) is 0.651. The number of aliphatic carboxylic acids is 1. The summed E-state index contributed by atoms with van der Waals surface area (Å²) < 4.78 is 5.59. The molecule has 2 aliphatic carbocycles. The van der Waals surface area contributed by atoms with Crippen molar-refractivity contribution in [2.45, 2.75) is 38.6 Å². The lowest BCUT2D eigenvalue weighted by molar-refractivity contribution is -0.148. The molecule has 2 N–H and O–H groups in total. The average Bonchev–Trinajstić information content (AvgIpc) is 3.47. The molecule has 2 saturated heterocycles. The molecule has 2 aromatic rings. The summed E-state index contributed by atoms with van der Waals surface area (Å²) in [6, 6.07) is 16.2. The molecule has 0 radical (unpaired) electrons. The number of hydrogen-bond donors (Lipinski definition) is 2. The normalized spacial score (nSPS) is 22.5. The Hall–Kier alpha value is -3.35. The van der Waals surface area contributed by atoms with E-state index in [0.717, 1.165) is 17.5 Å². The Morgan fingerprint density at radius 1 is 1.06 bits per heavy atom. The summed E-state index contributed by atoms with van der Waals surface area (Å²) >= 11 is 0. The smallest absolute Gasteiger partial charge is 0.407 e. The Balaban J connectivity index is 1.13. The van der Waals surface area contributed by atoms with Gasteiger partial charge in [0, 0.05) is 31.5 Å². The van der Waals surface area contributed by atoms with Crippen LogP contribution >= 0.6 is 0 Å². The molecule has 6 rings (SSSR count). The van der Waals surface area contributed by atoms with Gasteiger partial charge in [-0.15, -0.1) is 0 Å². The number of alkyl carbamates (subject to hydrolysis) is 1. The summed E-state index contributed by atoms with van der Waals surface area (Å²) in [6.45, 7) is 4.90. The molecule has 1 saturated carbocycles. The van der Waals surface area contributed by atoms with E-state index in [4.69, 9.17) is 4.74 Å². The van der Waals surface area contributed by atoms with Crippen LogP contribution in [0.5, 0.6) is 0 Å². The van der Waals surface area contributed by atoms with Crippen molar-refractivity contribution >= 4 is 18.0 Å². The summed E-state index contributed by atoms with van der Waals surface area (Å²) in [6.07, 6.45) is 0.518. The first-order valence-electron chi connectivity index (χ1n) is 11.9. The zero-order chi connectivity index (χ0) is 24.0. The van der Waals surface area contributed by atoms with Gasteiger partial charge in [0.05, 0.1) is 5.92 Å². The molecule has 2 heterocycles. The number of rotatable bonds is 7. The summed E-state index contributed by atoms with van der Waals surface area (Å²) in [5, 5.41) is 12.1. The molecule has 34 heavy (non-hydrogen) atoms. The van der Waals surface area contributed by atoms with E-state index in [9.17, 15) is 19.5 Å². The van der Waals surface area contributed by atoms with Crippen molar-refractivity contribution in [2.75, 3.05) is 19.7 Å². The van der Waals surface area contributed by atoms with Gasteiger partial charge in [-0.3, -0.25) is 9.59 Å². The number of hydrogen-bond acceptors (Lipinski definition) is 4. The number of ether oxygens (including phenoxy) is 1. The highest BCUT2D eigenvalue weighted by atomic mass is 16.5. The number of nitrogens with zero attached hydrogens (tertiary/aromatic N) is 1. The SMILES string of the molecule is CC(C)(CNC(=O)OCC1c2ccccc2-c2ccccc21)CC(=O)N1CC2CC1C2C(=O)O. The first-order valence-corrected chi connectivity index (χ1v) is 11.9. The molecule has 7 heteroatoms. The lowest BCUT2D eigenvalue weighted by Crippen LogP contribution is -2.46. The van der Waals surface area contributed by atoms with Gasteiger partial charge in [0.2, 0.25) is 5.91 Å². The van der Waals surface area contributed by atoms with Crippen molar-refractivity contribution in [1.82, 2.24) is 10.2 Å². The summed E-state index contributed by atoms with van der Waals surface area (Å²) in [4.78, 5) is 38.4. The Morgan fingerprint density at radius 3 is 2.26 bits per heavy atom. The van der Waals surface area contributed by atoms with Crippen LogP contribution < -0.4 is 5.32 Å². The molecule has 3 atom stereocenters. The first-order chi connectivity index (χ1) is 16.2. The first kappa shape index (κ1) is 22.4. The van der Waals surface area contributed by atoms with Crippen molar-refractivity contribution in [3.8, 4) is 11.1 Å². The van der Waals surface area contributed by atoms with Crippen LogP contribution in [0.1, 0.15) is 43.7 Å². The van der Waals surface area contributed by atoms with E-state index in [1.54, 1.807) is 4.90 Å². The van der Waals surface area contributed by atoms with Gasteiger partial charge in [0.25, 0.3) is 0 Å². The number of carbonyl (C=O) groups is 3. The van der Waals surface area contributed by atoms with Crippen LogP contribution in [0.3, 0.4) is 0 Å². The number of nitrogens with one attached hydrogen (secondary N) is 1. The topological polar surface area (TPSA) is 95.9 Å². The minimum atomic E-state index is -0.812. The molecule has 3 unspecified atom stereocenters. The van der Waals surface area contributed by atoms with Gasteiger partial charge in [-0.1, -0.05) is 62.4 Å². The Labute approximate surface area is 199 Å². The fraction of sp³-hybridized carbons (Fsp3) is 0.444. The zero-order valence-electron chi connectivity index (χ0n) is 19.5. The third-order valence-electron chi connectivity index (χ3n) is 7.59. The Bertz CT molecular complexity index is 1100. The summed E-state index contributed by atoms with van der Waals surface area (Å²) in [7, 11) is 0. The fourth-order valence-corrected chi connectivity index (χ4v) is 5.81. The lowest BCUT2D eigenvalue weighted by atomic mass is 9.74. The predicted molar refractivity (Wildman–Crippen MR) is 126 cm³/mol. The predicted octanol–water partition coefficient (Wildman–Crippen LogP) is 3.87. The number of carboxylic acid groups (broad SMARTS) is 1. The van der Waals surface area contributed by atoms with Gasteiger partial charge in [-0.2, -0.15) is 0 Å². The molecule has 2 aliphatic heterocycles. The third-order valence-corrected chi connectivity index (χ3v) is 7.59. The lowest BCUT2D eigenvalue weighted by Gasteiger charge is -2.34. The van der Waals surface area contributed by atoms with Crippen LogP contribution in [0.4, 0.5) is 4.79 Å². The number of benzene rings is 2. The number of carboxylic acids is 1. The number of amides is 2. The second kappa shape index (κ2) is 8.46. The maximum Gasteiger partial charge on any atom is 0.407 e. The van der Waals surface area contributed by atoms with Gasteiger partial charge in [-0.05, 0) is 40.0 Å².